The number of nitrogens with zero attached hydrogens (tertiary/aromatic N) is 3. The van der Waals surface area contributed by atoms with Crippen LogP contribution in [0.3, 0.4) is 0 Å². The maximum absolute atomic E-state index is 13.8. The van der Waals surface area contributed by atoms with E-state index in [-0.39, 0.29) is 18.0 Å². The van der Waals surface area contributed by atoms with Gasteiger partial charge in [-0.3, -0.25) is 4.79 Å². The second kappa shape index (κ2) is 9.68. The first kappa shape index (κ1) is 21.7. The molecule has 0 radical (unpaired) electrons. The van der Waals surface area contributed by atoms with Crippen molar-refractivity contribution < 1.29 is 18.0 Å². The summed E-state index contributed by atoms with van der Waals surface area (Å²) in [6, 6.07) is 5.14. The van der Waals surface area contributed by atoms with Crippen molar-refractivity contribution in [2.24, 2.45) is 0 Å². The van der Waals surface area contributed by atoms with Crippen molar-refractivity contribution in [1.29, 1.82) is 0 Å². The zero-order valence-electron chi connectivity index (χ0n) is 15.4. The van der Waals surface area contributed by atoms with Crippen molar-refractivity contribution in [2.45, 2.75) is 18.1 Å². The molecule has 1 aromatic carbocycles. The number of halogens is 3. The fraction of sp³-hybridized carbons (Fsp3) is 0.158. The van der Waals surface area contributed by atoms with E-state index in [2.05, 4.69) is 22.0 Å². The van der Waals surface area contributed by atoms with Crippen LogP contribution < -0.4 is 11.1 Å². The van der Waals surface area contributed by atoms with E-state index in [9.17, 15) is 18.4 Å². The lowest BCUT2D eigenvalue weighted by Crippen LogP contribution is -2.31. The Morgan fingerprint density at radius 2 is 2.10 bits per heavy atom. The predicted molar refractivity (Wildman–Crippen MR) is 108 cm³/mol. The molecule has 0 aliphatic carbocycles. The van der Waals surface area contributed by atoms with Gasteiger partial charge >= 0.3 is 5.76 Å². The van der Waals surface area contributed by atoms with Gasteiger partial charge in [-0.2, -0.15) is 4.68 Å². The Bertz CT molecular complexity index is 1150. The van der Waals surface area contributed by atoms with E-state index in [1.807, 2.05) is 0 Å². The summed E-state index contributed by atoms with van der Waals surface area (Å²) in [4.78, 5) is 28.5. The van der Waals surface area contributed by atoms with Gasteiger partial charge in [-0.05, 0) is 24.3 Å². The highest BCUT2D eigenvalue weighted by atomic mass is 35.5. The molecule has 3 rings (SSSR count). The Kier molecular flexibility index (Phi) is 7.01. The number of amides is 1. The number of hydrogen-bond acceptors (Lipinski definition) is 6. The molecule has 1 N–H and O–H groups in total. The zero-order valence-corrected chi connectivity index (χ0v) is 17.0. The van der Waals surface area contributed by atoms with Crippen LogP contribution in [0, 0.1) is 11.6 Å². The lowest BCUT2D eigenvalue weighted by Gasteiger charge is -2.08. The van der Waals surface area contributed by atoms with Crippen molar-refractivity contribution >= 4 is 29.3 Å². The molecule has 1 amide bonds. The molecule has 2 aromatic heterocycles. The molecule has 0 fully saturated rings. The van der Waals surface area contributed by atoms with Gasteiger partial charge in [0, 0.05) is 24.1 Å². The monoisotopic (exact) mass is 452 g/mol. The molecule has 0 aliphatic rings. The van der Waals surface area contributed by atoms with Crippen LogP contribution in [0.5, 0.6) is 0 Å². The minimum absolute atomic E-state index is 0.00619. The number of benzene rings is 1. The van der Waals surface area contributed by atoms with Gasteiger partial charge in [-0.25, -0.2) is 18.6 Å². The molecule has 0 unspecified atom stereocenters. The standard InChI is InChI=1S/C19H15ClF2N4O3S/c1-2-8-30-18-11(4-3-7-23-18)17-25-26(19(28)29-17)10-15(27)24-9-12-13(21)5-6-14(22)16(12)20/h2-7H,1,8-10H2,(H,24,27). The number of thioether (sulfide) groups is 1. The molecule has 0 bridgehead atoms. The molecule has 7 nitrogen and oxygen atoms in total. The summed E-state index contributed by atoms with van der Waals surface area (Å²) in [6.45, 7) is 2.81. The fourth-order valence-electron chi connectivity index (χ4n) is 2.43. The quantitative estimate of drug-likeness (QED) is 0.320. The molecular weight excluding hydrogens is 438 g/mol. The van der Waals surface area contributed by atoms with Gasteiger partial charge in [0.1, 0.15) is 23.2 Å². The van der Waals surface area contributed by atoms with Crippen LogP contribution in [0.1, 0.15) is 5.56 Å². The Morgan fingerprint density at radius 3 is 2.87 bits per heavy atom. The van der Waals surface area contributed by atoms with Gasteiger partial charge in [0.15, 0.2) is 0 Å². The van der Waals surface area contributed by atoms with Crippen LogP contribution in [0.4, 0.5) is 8.78 Å². The third-order valence-electron chi connectivity index (χ3n) is 3.84. The van der Waals surface area contributed by atoms with Gasteiger partial charge in [-0.15, -0.1) is 23.4 Å². The summed E-state index contributed by atoms with van der Waals surface area (Å²) in [5.41, 5.74) is 0.298. The van der Waals surface area contributed by atoms with Crippen molar-refractivity contribution in [3.8, 4) is 11.5 Å². The summed E-state index contributed by atoms with van der Waals surface area (Å²) in [5.74, 6) is -2.48. The Balaban J connectivity index is 1.73. The van der Waals surface area contributed by atoms with E-state index in [0.717, 1.165) is 16.8 Å². The highest BCUT2D eigenvalue weighted by molar-refractivity contribution is 7.99. The first-order valence-corrected chi connectivity index (χ1v) is 9.93. The summed E-state index contributed by atoms with van der Waals surface area (Å²) >= 11 is 7.11. The second-order valence-corrected chi connectivity index (χ2v) is 7.27. The molecule has 0 spiro atoms. The van der Waals surface area contributed by atoms with Crippen LogP contribution in [0.2, 0.25) is 5.02 Å². The Labute approximate surface area is 178 Å². The van der Waals surface area contributed by atoms with Gasteiger partial charge < -0.3 is 9.73 Å². The van der Waals surface area contributed by atoms with Gasteiger partial charge in [0.05, 0.1) is 10.6 Å². The maximum Gasteiger partial charge on any atom is 0.437 e. The Hall–Kier alpha value is -2.98. The van der Waals surface area contributed by atoms with Crippen LogP contribution >= 0.6 is 23.4 Å². The van der Waals surface area contributed by atoms with Gasteiger partial charge in [-0.1, -0.05) is 17.7 Å². The summed E-state index contributed by atoms with van der Waals surface area (Å²) in [6.07, 6.45) is 3.30. The number of aromatic nitrogens is 3. The maximum atomic E-state index is 13.8. The molecule has 2 heterocycles. The molecule has 156 valence electrons. The van der Waals surface area contributed by atoms with Crippen molar-refractivity contribution in [3.05, 3.63) is 75.9 Å². The first-order valence-electron chi connectivity index (χ1n) is 8.56. The fourth-order valence-corrected chi connectivity index (χ4v) is 3.37. The highest BCUT2D eigenvalue weighted by Gasteiger charge is 2.18. The molecule has 30 heavy (non-hydrogen) atoms. The van der Waals surface area contributed by atoms with E-state index >= 15 is 0 Å². The lowest BCUT2D eigenvalue weighted by molar-refractivity contribution is -0.122. The molecule has 3 aromatic rings. The highest BCUT2D eigenvalue weighted by Crippen LogP contribution is 2.27. The van der Waals surface area contributed by atoms with E-state index < -0.39 is 34.9 Å². The summed E-state index contributed by atoms with van der Waals surface area (Å²) in [5, 5.41) is 6.57. The molecule has 0 saturated carbocycles. The number of nitrogens with one attached hydrogen (secondary N) is 1. The van der Waals surface area contributed by atoms with Crippen LogP contribution in [-0.2, 0) is 17.9 Å². The van der Waals surface area contributed by atoms with Crippen molar-refractivity contribution in [1.82, 2.24) is 20.1 Å². The molecule has 11 heteroatoms. The predicted octanol–water partition coefficient (Wildman–Crippen LogP) is 3.42. The van der Waals surface area contributed by atoms with Crippen molar-refractivity contribution in [2.75, 3.05) is 5.75 Å². The first-order chi connectivity index (χ1) is 14.4. The number of rotatable bonds is 8. The van der Waals surface area contributed by atoms with Crippen LogP contribution in [-0.4, -0.2) is 26.4 Å². The minimum Gasteiger partial charge on any atom is -0.387 e. The van der Waals surface area contributed by atoms with E-state index in [1.165, 1.54) is 11.8 Å². The zero-order chi connectivity index (χ0) is 21.7. The summed E-state index contributed by atoms with van der Waals surface area (Å²) in [7, 11) is 0. The second-order valence-electron chi connectivity index (χ2n) is 5.89. The SMILES string of the molecule is C=CCSc1ncccc1-c1nn(CC(=O)NCc2c(F)ccc(F)c2Cl)c(=O)o1. The summed E-state index contributed by atoms with van der Waals surface area (Å²) < 4.78 is 33.2. The number of carbonyl (C=O) groups is 1. The average Bonchev–Trinajstić information content (AvgIpc) is 3.09. The Morgan fingerprint density at radius 1 is 1.33 bits per heavy atom. The topological polar surface area (TPSA) is 90.0 Å². The van der Waals surface area contributed by atoms with Crippen molar-refractivity contribution in [3.63, 3.8) is 0 Å². The third-order valence-corrected chi connectivity index (χ3v) is 5.25. The average molecular weight is 453 g/mol. The lowest BCUT2D eigenvalue weighted by atomic mass is 10.2. The number of pyridine rings is 1. The number of carbonyl (C=O) groups excluding carboxylic acids is 1. The van der Waals surface area contributed by atoms with Gasteiger partial charge in [0.2, 0.25) is 5.91 Å². The van der Waals surface area contributed by atoms with E-state index in [0.29, 0.717) is 16.3 Å². The minimum atomic E-state index is -0.848. The molecular formula is C19H15ClF2N4O3S. The smallest absolute Gasteiger partial charge is 0.387 e. The largest absolute Gasteiger partial charge is 0.437 e. The van der Waals surface area contributed by atoms with Crippen LogP contribution in [0.25, 0.3) is 11.5 Å². The van der Waals surface area contributed by atoms with Gasteiger partial charge in [0.25, 0.3) is 5.89 Å². The van der Waals surface area contributed by atoms with Crippen LogP contribution in [0.15, 0.2) is 57.4 Å². The molecule has 0 aliphatic heterocycles. The van der Waals surface area contributed by atoms with E-state index in [1.54, 1.807) is 24.4 Å². The number of hydrogen-bond donors (Lipinski definition) is 1. The molecule has 0 atom stereocenters. The molecule has 0 saturated heterocycles. The third kappa shape index (κ3) is 4.95. The normalized spacial score (nSPS) is 10.8. The van der Waals surface area contributed by atoms with E-state index in [4.69, 9.17) is 16.0 Å².